The highest BCUT2D eigenvalue weighted by molar-refractivity contribution is 5.92. The molecular weight excluding hydrogens is 442 g/mol. The number of alkyl halides is 2. The lowest BCUT2D eigenvalue weighted by Gasteiger charge is -2.47. The maximum atomic E-state index is 13.7. The summed E-state index contributed by atoms with van der Waals surface area (Å²) in [7, 11) is 0. The Bertz CT molecular complexity index is 870. The topological polar surface area (TPSA) is 62.2 Å². The summed E-state index contributed by atoms with van der Waals surface area (Å²) < 4.78 is 39.6. The number of anilines is 1. The maximum absolute atomic E-state index is 13.7. The molecule has 0 aromatic heterocycles. The third-order valence-electron chi connectivity index (χ3n) is 7.70. The van der Waals surface area contributed by atoms with E-state index in [2.05, 4.69) is 23.6 Å². The molecule has 1 aliphatic heterocycles. The second-order valence-electron chi connectivity index (χ2n) is 10.4. The molecule has 190 valence electrons. The monoisotopic (exact) mass is 480 g/mol. The van der Waals surface area contributed by atoms with E-state index in [9.17, 15) is 18.7 Å². The average Bonchev–Trinajstić information content (AvgIpc) is 2.72. The van der Waals surface area contributed by atoms with Gasteiger partial charge in [0, 0.05) is 69.2 Å². The highest BCUT2D eigenvalue weighted by Gasteiger charge is 2.39. The van der Waals surface area contributed by atoms with Crippen LogP contribution in [0.4, 0.5) is 14.5 Å². The predicted octanol–water partition coefficient (Wildman–Crippen LogP) is 5.12. The van der Waals surface area contributed by atoms with Crippen molar-refractivity contribution >= 4 is 11.7 Å². The fourth-order valence-corrected chi connectivity index (χ4v) is 5.86. The Morgan fingerprint density at radius 1 is 1.21 bits per heavy atom. The van der Waals surface area contributed by atoms with Crippen LogP contribution < -0.4 is 9.64 Å². The van der Waals surface area contributed by atoms with Gasteiger partial charge in [-0.05, 0) is 52.2 Å². The van der Waals surface area contributed by atoms with Crippen molar-refractivity contribution in [2.75, 3.05) is 24.5 Å². The van der Waals surface area contributed by atoms with Gasteiger partial charge in [-0.15, -0.1) is 0 Å². The molecule has 6 nitrogen and oxygen atoms in total. The molecule has 1 heterocycles. The van der Waals surface area contributed by atoms with Gasteiger partial charge < -0.3 is 19.5 Å². The molecule has 2 aliphatic carbocycles. The van der Waals surface area contributed by atoms with Gasteiger partial charge in [0.2, 0.25) is 5.92 Å². The zero-order valence-electron chi connectivity index (χ0n) is 20.7. The first-order valence-electron chi connectivity index (χ1n) is 12.6. The Morgan fingerprint density at radius 3 is 2.38 bits per heavy atom. The molecule has 8 heteroatoms. The third kappa shape index (κ3) is 5.48. The summed E-state index contributed by atoms with van der Waals surface area (Å²) >= 11 is 0. The molecule has 2 saturated carbocycles. The fraction of sp³-hybridized carbons (Fsp3) is 0.731. The summed E-state index contributed by atoms with van der Waals surface area (Å²) in [5.74, 6) is -3.05. The van der Waals surface area contributed by atoms with E-state index in [0.29, 0.717) is 36.7 Å². The van der Waals surface area contributed by atoms with Crippen LogP contribution in [-0.4, -0.2) is 71.9 Å². The molecule has 1 aromatic rings. The quantitative estimate of drug-likeness (QED) is 0.585. The molecule has 1 saturated heterocycles. The van der Waals surface area contributed by atoms with E-state index in [1.54, 1.807) is 13.0 Å². The first-order valence-corrected chi connectivity index (χ1v) is 12.6. The van der Waals surface area contributed by atoms with Crippen LogP contribution in [0, 0.1) is 6.92 Å². The van der Waals surface area contributed by atoms with Gasteiger partial charge in [0.15, 0.2) is 0 Å². The number of rotatable bonds is 7. The van der Waals surface area contributed by atoms with Gasteiger partial charge in [-0.1, -0.05) is 0 Å². The molecule has 4 rings (SSSR count). The van der Waals surface area contributed by atoms with Crippen LogP contribution in [0.3, 0.4) is 0 Å². The van der Waals surface area contributed by atoms with E-state index in [4.69, 9.17) is 9.47 Å². The van der Waals surface area contributed by atoms with Crippen LogP contribution in [0.1, 0.15) is 75.2 Å². The predicted molar refractivity (Wildman–Crippen MR) is 127 cm³/mol. The molecule has 3 fully saturated rings. The van der Waals surface area contributed by atoms with Crippen LogP contribution in [-0.2, 0) is 4.74 Å². The van der Waals surface area contributed by atoms with Gasteiger partial charge in [0.05, 0.1) is 17.8 Å². The van der Waals surface area contributed by atoms with E-state index in [1.807, 2.05) is 13.0 Å². The van der Waals surface area contributed by atoms with E-state index in [1.165, 1.54) is 0 Å². The van der Waals surface area contributed by atoms with Crippen molar-refractivity contribution in [1.29, 1.82) is 0 Å². The van der Waals surface area contributed by atoms with Crippen molar-refractivity contribution in [2.24, 2.45) is 0 Å². The maximum Gasteiger partial charge on any atom is 0.336 e. The van der Waals surface area contributed by atoms with Crippen molar-refractivity contribution in [1.82, 2.24) is 4.90 Å². The molecule has 0 spiro atoms. The van der Waals surface area contributed by atoms with Crippen LogP contribution in [0.15, 0.2) is 12.1 Å². The second-order valence-corrected chi connectivity index (χ2v) is 10.4. The summed E-state index contributed by atoms with van der Waals surface area (Å²) in [6, 6.07) is 3.94. The molecule has 0 radical (unpaired) electrons. The minimum absolute atomic E-state index is 0.0291. The molecular formula is C26H38F2N2O4. The minimum atomic E-state index is -2.60. The van der Waals surface area contributed by atoms with E-state index in [-0.39, 0.29) is 42.8 Å². The van der Waals surface area contributed by atoms with Crippen LogP contribution in [0.25, 0.3) is 0 Å². The first-order chi connectivity index (χ1) is 16.1. The van der Waals surface area contributed by atoms with E-state index in [0.717, 1.165) is 31.6 Å². The number of morpholine rings is 1. The van der Waals surface area contributed by atoms with Gasteiger partial charge in [0.1, 0.15) is 11.9 Å². The lowest BCUT2D eigenvalue weighted by molar-refractivity contribution is -0.103. The number of benzene rings is 1. The van der Waals surface area contributed by atoms with E-state index < -0.39 is 11.9 Å². The SMILES string of the molecule is CCN(c1cc(OC2CC(N3CC(C)OC(C)C3)C2)cc(C(=O)O)c1C)C1CCC(F)(F)CC1. The molecule has 2 unspecified atom stereocenters. The largest absolute Gasteiger partial charge is 0.490 e. The summed E-state index contributed by atoms with van der Waals surface area (Å²) in [6.07, 6.45) is 2.83. The minimum Gasteiger partial charge on any atom is -0.490 e. The second kappa shape index (κ2) is 9.97. The third-order valence-corrected chi connectivity index (χ3v) is 7.70. The van der Waals surface area contributed by atoms with Gasteiger partial charge in [-0.25, -0.2) is 13.6 Å². The molecule has 2 atom stereocenters. The lowest BCUT2D eigenvalue weighted by Crippen LogP contribution is -2.56. The van der Waals surface area contributed by atoms with Gasteiger partial charge in [-0.3, -0.25) is 4.90 Å². The Morgan fingerprint density at radius 2 is 1.82 bits per heavy atom. The number of carboxylic acid groups (broad SMARTS) is 1. The summed E-state index contributed by atoms with van der Waals surface area (Å²) in [5, 5.41) is 9.82. The smallest absolute Gasteiger partial charge is 0.336 e. The normalized spacial score (nSPS) is 29.9. The zero-order chi connectivity index (χ0) is 24.6. The van der Waals surface area contributed by atoms with Gasteiger partial charge in [0.25, 0.3) is 0 Å². The highest BCUT2D eigenvalue weighted by atomic mass is 19.3. The van der Waals surface area contributed by atoms with E-state index >= 15 is 0 Å². The van der Waals surface area contributed by atoms with Crippen molar-refractivity contribution in [3.05, 3.63) is 23.3 Å². The number of nitrogens with zero attached hydrogens (tertiary/aromatic N) is 2. The van der Waals surface area contributed by atoms with Gasteiger partial charge >= 0.3 is 5.97 Å². The van der Waals surface area contributed by atoms with Crippen molar-refractivity contribution in [3.8, 4) is 5.75 Å². The summed E-state index contributed by atoms with van der Waals surface area (Å²) in [6.45, 7) is 10.5. The first kappa shape index (κ1) is 25.2. The molecule has 0 amide bonds. The highest BCUT2D eigenvalue weighted by Crippen LogP contribution is 2.40. The number of aromatic carboxylic acids is 1. The van der Waals surface area contributed by atoms with Crippen LogP contribution in [0.2, 0.25) is 0 Å². The number of carbonyl (C=O) groups is 1. The Balaban J connectivity index is 1.48. The number of hydrogen-bond donors (Lipinski definition) is 1. The Kier molecular flexibility index (Phi) is 7.38. The molecule has 34 heavy (non-hydrogen) atoms. The van der Waals surface area contributed by atoms with Crippen molar-refractivity contribution in [3.63, 3.8) is 0 Å². The number of carboxylic acids is 1. The number of halogens is 2. The van der Waals surface area contributed by atoms with Crippen molar-refractivity contribution in [2.45, 2.75) is 103 Å². The number of hydrogen-bond acceptors (Lipinski definition) is 5. The summed E-state index contributed by atoms with van der Waals surface area (Å²) in [5.41, 5.74) is 1.64. The molecule has 1 aromatic carbocycles. The van der Waals surface area contributed by atoms with Crippen molar-refractivity contribution < 1.29 is 28.2 Å². The Hall–Kier alpha value is -1.93. The standard InChI is InChI=1S/C26H38F2N2O4/c1-5-30(19-6-8-26(27,28)9-7-19)24-13-22(12-23(18(24)4)25(31)32)34-21-10-20(11-21)29-14-16(2)33-17(3)15-29/h12-13,16-17,19-21H,5-11,14-15H2,1-4H3,(H,31,32). The Labute approximate surface area is 201 Å². The average molecular weight is 481 g/mol. The lowest BCUT2D eigenvalue weighted by atomic mass is 9.87. The molecule has 1 N–H and O–H groups in total. The fourth-order valence-electron chi connectivity index (χ4n) is 5.86. The zero-order valence-corrected chi connectivity index (χ0v) is 20.7. The molecule has 3 aliphatic rings. The van der Waals surface area contributed by atoms with Crippen LogP contribution >= 0.6 is 0 Å². The number of ether oxygens (including phenoxy) is 2. The van der Waals surface area contributed by atoms with Gasteiger partial charge in [-0.2, -0.15) is 0 Å². The molecule has 0 bridgehead atoms. The summed E-state index contributed by atoms with van der Waals surface area (Å²) in [4.78, 5) is 16.6. The van der Waals surface area contributed by atoms with Crippen LogP contribution in [0.5, 0.6) is 5.75 Å².